The Hall–Kier alpha value is -4.26. The van der Waals surface area contributed by atoms with Crippen LogP contribution in [0.1, 0.15) is 36.5 Å². The minimum absolute atomic E-state index is 0.165. The molecule has 1 aromatic carbocycles. The van der Waals surface area contributed by atoms with E-state index in [4.69, 9.17) is 5.10 Å². The van der Waals surface area contributed by atoms with Gasteiger partial charge in [0.25, 0.3) is 0 Å². The summed E-state index contributed by atoms with van der Waals surface area (Å²) in [6.45, 7) is 5.49. The molecule has 7 nitrogen and oxygen atoms in total. The Morgan fingerprint density at radius 2 is 1.86 bits per heavy atom. The number of hydrogen-bond donors (Lipinski definition) is 1. The molecule has 1 saturated heterocycles. The van der Waals surface area contributed by atoms with Crippen molar-refractivity contribution in [1.82, 2.24) is 25.1 Å². The molecular formula is C30H32N6O. The number of amides is 1. The molecule has 0 bridgehead atoms. The molecular weight excluding hydrogens is 460 g/mol. The minimum Gasteiger partial charge on any atom is -0.357 e. The molecule has 4 aromatic rings. The van der Waals surface area contributed by atoms with Crippen LogP contribution in [0.3, 0.4) is 0 Å². The first-order valence-electron chi connectivity index (χ1n) is 12.8. The smallest absolute Gasteiger partial charge is 0.244 e. The summed E-state index contributed by atoms with van der Waals surface area (Å²) >= 11 is 0. The van der Waals surface area contributed by atoms with E-state index in [-0.39, 0.29) is 5.91 Å². The Labute approximate surface area is 217 Å². The van der Waals surface area contributed by atoms with Gasteiger partial charge in [0.1, 0.15) is 11.5 Å². The predicted octanol–water partition coefficient (Wildman–Crippen LogP) is 4.95. The molecule has 5 rings (SSSR count). The van der Waals surface area contributed by atoms with Crippen molar-refractivity contribution in [1.29, 1.82) is 0 Å². The number of carbonyl (C=O) groups excluding carboxylic acids is 1. The maximum absolute atomic E-state index is 12.6. The average Bonchev–Trinajstić information content (AvgIpc) is 3.35. The van der Waals surface area contributed by atoms with Gasteiger partial charge in [-0.2, -0.15) is 5.10 Å². The van der Waals surface area contributed by atoms with Crippen molar-refractivity contribution in [2.24, 2.45) is 5.92 Å². The molecule has 0 atom stereocenters. The van der Waals surface area contributed by atoms with E-state index in [1.807, 2.05) is 59.5 Å². The van der Waals surface area contributed by atoms with Gasteiger partial charge in [0.05, 0.1) is 6.54 Å². The third-order valence-corrected chi connectivity index (χ3v) is 6.71. The summed E-state index contributed by atoms with van der Waals surface area (Å²) in [7, 11) is 0. The monoisotopic (exact) mass is 492 g/mol. The molecule has 0 unspecified atom stereocenters. The molecule has 7 heteroatoms. The Bertz CT molecular complexity index is 1320. The Balaban J connectivity index is 1.23. The van der Waals surface area contributed by atoms with E-state index < -0.39 is 0 Å². The van der Waals surface area contributed by atoms with Gasteiger partial charge >= 0.3 is 0 Å². The highest BCUT2D eigenvalue weighted by Crippen LogP contribution is 2.23. The number of anilines is 1. The Morgan fingerprint density at radius 1 is 1.03 bits per heavy atom. The fraction of sp³-hybridized carbons (Fsp3) is 0.267. The molecule has 0 spiro atoms. The quantitative estimate of drug-likeness (QED) is 0.352. The topological polar surface area (TPSA) is 75.9 Å². The summed E-state index contributed by atoms with van der Waals surface area (Å²) in [6.07, 6.45) is 13.1. The number of pyridine rings is 2. The normalized spacial score (nSPS) is 14.2. The maximum atomic E-state index is 12.6. The third-order valence-electron chi connectivity index (χ3n) is 6.71. The van der Waals surface area contributed by atoms with E-state index in [0.717, 1.165) is 52.8 Å². The van der Waals surface area contributed by atoms with Gasteiger partial charge in [-0.3, -0.25) is 14.5 Å². The van der Waals surface area contributed by atoms with E-state index in [0.29, 0.717) is 13.1 Å². The fourth-order valence-corrected chi connectivity index (χ4v) is 4.50. The number of nitrogens with zero attached hydrogens (tertiary/aromatic N) is 5. The van der Waals surface area contributed by atoms with Crippen LogP contribution >= 0.6 is 0 Å². The van der Waals surface area contributed by atoms with Gasteiger partial charge in [0.15, 0.2) is 0 Å². The van der Waals surface area contributed by atoms with Gasteiger partial charge in [-0.1, -0.05) is 43.3 Å². The standard InChI is InChI=1S/C30H32N6O/c1-23-13-16-35(17-14-23)28-11-9-25(18-32-28)19-33-29(37)12-10-27-22-36(21-24-6-3-2-4-7-24)34-30(27)26-8-5-15-31-20-26/h2-12,15,18,20,22-23H,13-14,16-17,19,21H2,1H3,(H,33,37). The molecule has 0 aliphatic carbocycles. The van der Waals surface area contributed by atoms with Crippen LogP contribution in [0.5, 0.6) is 0 Å². The van der Waals surface area contributed by atoms with E-state index in [1.54, 1.807) is 18.5 Å². The summed E-state index contributed by atoms with van der Waals surface area (Å²) in [4.78, 5) is 23.8. The first-order chi connectivity index (χ1) is 18.1. The van der Waals surface area contributed by atoms with Crippen molar-refractivity contribution in [2.75, 3.05) is 18.0 Å². The molecule has 1 aliphatic rings. The van der Waals surface area contributed by atoms with E-state index in [9.17, 15) is 4.79 Å². The zero-order valence-corrected chi connectivity index (χ0v) is 21.1. The van der Waals surface area contributed by atoms with Gasteiger partial charge in [-0.15, -0.1) is 0 Å². The number of rotatable bonds is 8. The second kappa shape index (κ2) is 11.6. The third kappa shape index (κ3) is 6.50. The second-order valence-electron chi connectivity index (χ2n) is 9.60. The van der Waals surface area contributed by atoms with Crippen LogP contribution < -0.4 is 10.2 Å². The lowest BCUT2D eigenvalue weighted by Gasteiger charge is -2.31. The van der Waals surface area contributed by atoms with Gasteiger partial charge in [-0.25, -0.2) is 4.98 Å². The van der Waals surface area contributed by atoms with Crippen LogP contribution in [0.15, 0.2) is 85.5 Å². The molecule has 1 fully saturated rings. The molecule has 1 amide bonds. The zero-order chi connectivity index (χ0) is 25.5. The van der Waals surface area contributed by atoms with Crippen molar-refractivity contribution < 1.29 is 4.79 Å². The largest absolute Gasteiger partial charge is 0.357 e. The summed E-state index contributed by atoms with van der Waals surface area (Å²) < 4.78 is 1.89. The van der Waals surface area contributed by atoms with Crippen LogP contribution in [0.4, 0.5) is 5.82 Å². The zero-order valence-electron chi connectivity index (χ0n) is 21.1. The first kappa shape index (κ1) is 24.4. The van der Waals surface area contributed by atoms with E-state index in [1.165, 1.54) is 12.8 Å². The lowest BCUT2D eigenvalue weighted by atomic mass is 9.99. The fourth-order valence-electron chi connectivity index (χ4n) is 4.50. The molecule has 0 radical (unpaired) electrons. The highest BCUT2D eigenvalue weighted by molar-refractivity contribution is 5.92. The molecule has 1 aliphatic heterocycles. The summed E-state index contributed by atoms with van der Waals surface area (Å²) in [5.74, 6) is 1.64. The van der Waals surface area contributed by atoms with Crippen LogP contribution in [-0.4, -0.2) is 38.7 Å². The van der Waals surface area contributed by atoms with Crippen LogP contribution in [-0.2, 0) is 17.9 Å². The van der Waals surface area contributed by atoms with Crippen molar-refractivity contribution in [3.8, 4) is 11.3 Å². The van der Waals surface area contributed by atoms with Crippen molar-refractivity contribution in [3.63, 3.8) is 0 Å². The van der Waals surface area contributed by atoms with Crippen molar-refractivity contribution in [2.45, 2.75) is 32.9 Å². The number of hydrogen-bond acceptors (Lipinski definition) is 5. The first-order valence-corrected chi connectivity index (χ1v) is 12.8. The maximum Gasteiger partial charge on any atom is 0.244 e. The number of aromatic nitrogens is 4. The number of nitrogens with one attached hydrogen (secondary N) is 1. The van der Waals surface area contributed by atoms with Gasteiger partial charge < -0.3 is 10.2 Å². The number of piperidine rings is 1. The van der Waals surface area contributed by atoms with Crippen LogP contribution in [0.25, 0.3) is 17.3 Å². The van der Waals surface area contributed by atoms with Gasteiger partial charge in [0, 0.05) is 61.6 Å². The molecule has 188 valence electrons. The van der Waals surface area contributed by atoms with Crippen LogP contribution in [0, 0.1) is 5.92 Å². The molecule has 3 aromatic heterocycles. The van der Waals surface area contributed by atoms with Crippen molar-refractivity contribution in [3.05, 3.63) is 102 Å². The minimum atomic E-state index is -0.165. The van der Waals surface area contributed by atoms with E-state index in [2.05, 4.69) is 45.3 Å². The number of benzene rings is 1. The lowest BCUT2D eigenvalue weighted by Crippen LogP contribution is -2.33. The number of carbonyl (C=O) groups is 1. The molecule has 0 saturated carbocycles. The summed E-state index contributed by atoms with van der Waals surface area (Å²) in [6, 6.07) is 18.1. The molecule has 37 heavy (non-hydrogen) atoms. The SMILES string of the molecule is CC1CCN(c2ccc(CNC(=O)C=Cc3cn(Cc4ccccc4)nc3-c3cccnc3)cn2)CC1. The summed E-state index contributed by atoms with van der Waals surface area (Å²) in [5, 5.41) is 7.74. The van der Waals surface area contributed by atoms with Gasteiger partial charge in [0.2, 0.25) is 5.91 Å². The highest BCUT2D eigenvalue weighted by atomic mass is 16.1. The second-order valence-corrected chi connectivity index (χ2v) is 9.60. The average molecular weight is 493 g/mol. The Morgan fingerprint density at radius 3 is 2.59 bits per heavy atom. The van der Waals surface area contributed by atoms with Gasteiger partial charge in [-0.05, 0) is 54.2 Å². The lowest BCUT2D eigenvalue weighted by molar-refractivity contribution is -0.116. The summed E-state index contributed by atoms with van der Waals surface area (Å²) in [5.41, 5.74) is 4.69. The Kier molecular flexibility index (Phi) is 7.69. The van der Waals surface area contributed by atoms with E-state index >= 15 is 0 Å². The highest BCUT2D eigenvalue weighted by Gasteiger charge is 2.16. The van der Waals surface area contributed by atoms with Crippen molar-refractivity contribution >= 4 is 17.8 Å². The molecule has 4 heterocycles. The predicted molar refractivity (Wildman–Crippen MR) is 147 cm³/mol. The van der Waals surface area contributed by atoms with Crippen LogP contribution in [0.2, 0.25) is 0 Å². The molecule has 1 N–H and O–H groups in total.